The first-order chi connectivity index (χ1) is 9.14. The van der Waals surface area contributed by atoms with Crippen molar-refractivity contribution in [2.75, 3.05) is 6.61 Å². The number of rotatable bonds is 6. The highest BCUT2D eigenvalue weighted by Crippen LogP contribution is 2.44. The van der Waals surface area contributed by atoms with E-state index in [9.17, 15) is 5.11 Å². The van der Waals surface area contributed by atoms with Crippen LogP contribution in [-0.4, -0.2) is 27.1 Å². The van der Waals surface area contributed by atoms with E-state index < -0.39 is 11.7 Å². The van der Waals surface area contributed by atoms with Crippen molar-refractivity contribution in [3.05, 3.63) is 16.9 Å². The number of hydrogen-bond donors (Lipinski definition) is 1. The van der Waals surface area contributed by atoms with Crippen LogP contribution in [0.2, 0.25) is 5.02 Å². The van der Waals surface area contributed by atoms with Crippen LogP contribution in [0.4, 0.5) is 0 Å². The van der Waals surface area contributed by atoms with Crippen LogP contribution >= 0.6 is 11.6 Å². The van der Waals surface area contributed by atoms with E-state index in [0.29, 0.717) is 17.3 Å². The molecule has 1 atom stereocenters. The van der Waals surface area contributed by atoms with Gasteiger partial charge in [-0.3, -0.25) is 4.68 Å². The highest BCUT2D eigenvalue weighted by molar-refractivity contribution is 6.31. The zero-order chi connectivity index (χ0) is 13.9. The van der Waals surface area contributed by atoms with Gasteiger partial charge in [-0.25, -0.2) is 0 Å². The van der Waals surface area contributed by atoms with Gasteiger partial charge in [-0.05, 0) is 26.2 Å². The second kappa shape index (κ2) is 6.25. The lowest BCUT2D eigenvalue weighted by atomic mass is 9.92. The molecule has 19 heavy (non-hydrogen) atoms. The molecule has 5 heteroatoms. The molecule has 1 saturated carbocycles. The summed E-state index contributed by atoms with van der Waals surface area (Å²) in [5, 5.41) is 15.6. The Hall–Kier alpha value is -0.580. The van der Waals surface area contributed by atoms with Crippen molar-refractivity contribution in [1.82, 2.24) is 9.78 Å². The maximum absolute atomic E-state index is 10.8. The van der Waals surface area contributed by atoms with Gasteiger partial charge in [0, 0.05) is 13.2 Å². The van der Waals surface area contributed by atoms with Gasteiger partial charge in [0.15, 0.2) is 0 Å². The summed E-state index contributed by atoms with van der Waals surface area (Å²) >= 11 is 6.22. The molecule has 0 spiro atoms. The number of aryl methyl sites for hydroxylation is 1. The Morgan fingerprint density at radius 1 is 1.47 bits per heavy atom. The normalized spacial score (nSPS) is 19.8. The van der Waals surface area contributed by atoms with Crippen molar-refractivity contribution in [2.24, 2.45) is 0 Å². The van der Waals surface area contributed by atoms with Crippen LogP contribution < -0.4 is 0 Å². The minimum atomic E-state index is -0.698. The Labute approximate surface area is 119 Å². The average Bonchev–Trinajstić information content (AvgIpc) is 2.98. The molecular formula is C14H23ClN2O2. The zero-order valence-corrected chi connectivity index (χ0v) is 12.5. The number of aliphatic hydroxyl groups is 1. The van der Waals surface area contributed by atoms with Crippen molar-refractivity contribution in [3.8, 4) is 0 Å². The van der Waals surface area contributed by atoms with Crippen LogP contribution in [0.5, 0.6) is 0 Å². The fourth-order valence-corrected chi connectivity index (χ4v) is 3.29. The van der Waals surface area contributed by atoms with E-state index in [4.69, 9.17) is 16.3 Å². The molecule has 0 aromatic carbocycles. The Morgan fingerprint density at radius 3 is 2.74 bits per heavy atom. The number of hydrogen-bond acceptors (Lipinski definition) is 3. The first-order valence-electron chi connectivity index (χ1n) is 7.18. The summed E-state index contributed by atoms with van der Waals surface area (Å²) in [5.74, 6) is 0. The van der Waals surface area contributed by atoms with E-state index in [1.165, 1.54) is 0 Å². The molecule has 1 fully saturated rings. The summed E-state index contributed by atoms with van der Waals surface area (Å²) in [7, 11) is 0. The largest absolute Gasteiger partial charge is 0.384 e. The van der Waals surface area contributed by atoms with Gasteiger partial charge in [-0.2, -0.15) is 5.10 Å². The van der Waals surface area contributed by atoms with Crippen molar-refractivity contribution >= 4 is 11.6 Å². The summed E-state index contributed by atoms with van der Waals surface area (Å²) in [6, 6.07) is 0. The minimum Gasteiger partial charge on any atom is -0.384 e. The van der Waals surface area contributed by atoms with Crippen molar-refractivity contribution in [3.63, 3.8) is 0 Å². The highest BCUT2D eigenvalue weighted by Gasteiger charge is 2.44. The van der Waals surface area contributed by atoms with Gasteiger partial charge in [0.1, 0.15) is 6.10 Å². The van der Waals surface area contributed by atoms with E-state index in [1.807, 2.05) is 11.6 Å². The molecule has 1 aliphatic carbocycles. The summed E-state index contributed by atoms with van der Waals surface area (Å²) in [6.07, 6.45) is 5.83. The third-order valence-corrected chi connectivity index (χ3v) is 4.20. The number of aromatic nitrogens is 2. The topological polar surface area (TPSA) is 47.3 Å². The predicted molar refractivity (Wildman–Crippen MR) is 75.3 cm³/mol. The maximum Gasteiger partial charge on any atom is 0.126 e. The van der Waals surface area contributed by atoms with Crippen LogP contribution in [0.3, 0.4) is 0 Å². The lowest BCUT2D eigenvalue weighted by molar-refractivity contribution is -0.121. The average molecular weight is 287 g/mol. The molecule has 1 N–H and O–H groups in total. The number of aliphatic hydroxyl groups excluding tert-OH is 1. The van der Waals surface area contributed by atoms with E-state index in [2.05, 4.69) is 12.0 Å². The van der Waals surface area contributed by atoms with Crippen LogP contribution in [-0.2, 0) is 11.3 Å². The van der Waals surface area contributed by atoms with E-state index in [-0.39, 0.29) is 0 Å². The maximum atomic E-state index is 10.8. The SMILES string of the molecule is CCCn1ncc(Cl)c1C(O)C1(OCC)CCCC1. The first kappa shape index (κ1) is 14.8. The molecule has 1 aromatic rings. The van der Waals surface area contributed by atoms with Crippen molar-refractivity contribution in [1.29, 1.82) is 0 Å². The quantitative estimate of drug-likeness (QED) is 0.872. The van der Waals surface area contributed by atoms with Gasteiger partial charge in [0.05, 0.1) is 22.5 Å². The molecule has 108 valence electrons. The molecule has 0 aliphatic heterocycles. The standard InChI is InChI=1S/C14H23ClN2O2/c1-3-9-17-12(11(15)10-16-17)13(18)14(19-4-2)7-5-6-8-14/h10,13,18H,3-9H2,1-2H3. The van der Waals surface area contributed by atoms with Crippen LogP contribution in [0, 0.1) is 0 Å². The highest BCUT2D eigenvalue weighted by atomic mass is 35.5. The molecule has 4 nitrogen and oxygen atoms in total. The molecule has 1 unspecified atom stereocenters. The lowest BCUT2D eigenvalue weighted by Crippen LogP contribution is -2.38. The molecule has 0 saturated heterocycles. The number of ether oxygens (including phenoxy) is 1. The third-order valence-electron chi connectivity index (χ3n) is 3.91. The first-order valence-corrected chi connectivity index (χ1v) is 7.55. The molecule has 1 aromatic heterocycles. The molecule has 0 amide bonds. The van der Waals surface area contributed by atoms with E-state index in [0.717, 1.165) is 38.6 Å². The van der Waals surface area contributed by atoms with E-state index in [1.54, 1.807) is 6.20 Å². The summed E-state index contributed by atoms with van der Waals surface area (Å²) in [5.41, 5.74) is 0.225. The molecule has 1 aliphatic rings. The molecule has 0 bridgehead atoms. The molecular weight excluding hydrogens is 264 g/mol. The van der Waals surface area contributed by atoms with Gasteiger partial charge in [-0.1, -0.05) is 31.4 Å². The Morgan fingerprint density at radius 2 is 2.16 bits per heavy atom. The number of halogens is 1. The summed E-state index contributed by atoms with van der Waals surface area (Å²) < 4.78 is 7.73. The fraction of sp³-hybridized carbons (Fsp3) is 0.786. The van der Waals surface area contributed by atoms with Crippen LogP contribution in [0.25, 0.3) is 0 Å². The third kappa shape index (κ3) is 2.81. The summed E-state index contributed by atoms with van der Waals surface area (Å²) in [6.45, 7) is 5.43. The fourth-order valence-electron chi connectivity index (χ4n) is 3.04. The van der Waals surface area contributed by atoms with Crippen molar-refractivity contribution < 1.29 is 9.84 Å². The second-order valence-electron chi connectivity index (χ2n) is 5.21. The predicted octanol–water partition coefficient (Wildman–Crippen LogP) is 3.33. The zero-order valence-electron chi connectivity index (χ0n) is 11.7. The van der Waals surface area contributed by atoms with Crippen LogP contribution in [0.1, 0.15) is 57.7 Å². The summed E-state index contributed by atoms with van der Waals surface area (Å²) in [4.78, 5) is 0. The number of nitrogens with zero attached hydrogens (tertiary/aromatic N) is 2. The smallest absolute Gasteiger partial charge is 0.126 e. The minimum absolute atomic E-state index is 0.482. The lowest BCUT2D eigenvalue weighted by Gasteiger charge is -2.34. The van der Waals surface area contributed by atoms with Gasteiger partial charge < -0.3 is 9.84 Å². The second-order valence-corrected chi connectivity index (χ2v) is 5.62. The van der Waals surface area contributed by atoms with Gasteiger partial charge >= 0.3 is 0 Å². The van der Waals surface area contributed by atoms with Crippen LogP contribution in [0.15, 0.2) is 6.20 Å². The van der Waals surface area contributed by atoms with E-state index >= 15 is 0 Å². The Balaban J connectivity index is 2.31. The molecule has 2 rings (SSSR count). The van der Waals surface area contributed by atoms with Gasteiger partial charge in [-0.15, -0.1) is 0 Å². The monoisotopic (exact) mass is 286 g/mol. The Bertz CT molecular complexity index is 414. The van der Waals surface area contributed by atoms with Gasteiger partial charge in [0.25, 0.3) is 0 Å². The molecule has 1 heterocycles. The van der Waals surface area contributed by atoms with Crippen molar-refractivity contribution in [2.45, 2.75) is 64.2 Å². The molecule has 0 radical (unpaired) electrons. The Kier molecular flexibility index (Phi) is 4.87. The van der Waals surface area contributed by atoms with Gasteiger partial charge in [0.2, 0.25) is 0 Å².